The highest BCUT2D eigenvalue weighted by molar-refractivity contribution is 5.94. The molecular formula is C27H26N2O2. The Morgan fingerprint density at radius 2 is 1.87 bits per heavy atom. The minimum absolute atomic E-state index is 0.102. The zero-order valence-corrected chi connectivity index (χ0v) is 17.7. The molecule has 0 saturated heterocycles. The summed E-state index contributed by atoms with van der Waals surface area (Å²) in [4.78, 5) is 12.5. The van der Waals surface area contributed by atoms with E-state index in [2.05, 4.69) is 53.2 Å². The van der Waals surface area contributed by atoms with E-state index in [9.17, 15) is 4.79 Å². The van der Waals surface area contributed by atoms with Crippen LogP contribution in [-0.2, 0) is 19.4 Å². The molecule has 2 aromatic heterocycles. The number of aromatic nitrogens is 1. The van der Waals surface area contributed by atoms with E-state index in [-0.39, 0.29) is 5.91 Å². The molecule has 4 aromatic rings. The third-order valence-electron chi connectivity index (χ3n) is 6.10. The Morgan fingerprint density at radius 3 is 2.61 bits per heavy atom. The van der Waals surface area contributed by atoms with Gasteiger partial charge in [-0.05, 0) is 78.8 Å². The first kappa shape index (κ1) is 19.4. The molecule has 156 valence electrons. The van der Waals surface area contributed by atoms with Crippen molar-refractivity contribution in [2.75, 3.05) is 0 Å². The maximum atomic E-state index is 12.5. The minimum Gasteiger partial charge on any atom is -0.467 e. The van der Waals surface area contributed by atoms with Crippen molar-refractivity contribution in [1.29, 1.82) is 0 Å². The van der Waals surface area contributed by atoms with Crippen LogP contribution in [0, 0.1) is 5.92 Å². The van der Waals surface area contributed by atoms with E-state index in [1.165, 1.54) is 28.9 Å². The van der Waals surface area contributed by atoms with E-state index in [0.29, 0.717) is 18.0 Å². The first-order chi connectivity index (χ1) is 15.2. The Hall–Kier alpha value is -3.53. The molecule has 1 atom stereocenters. The predicted molar refractivity (Wildman–Crippen MR) is 122 cm³/mol. The molecule has 1 aliphatic rings. The van der Waals surface area contributed by atoms with Gasteiger partial charge < -0.3 is 14.3 Å². The second-order valence-corrected chi connectivity index (χ2v) is 8.36. The van der Waals surface area contributed by atoms with Crippen molar-refractivity contribution in [2.45, 2.75) is 32.7 Å². The van der Waals surface area contributed by atoms with Crippen molar-refractivity contribution in [3.63, 3.8) is 0 Å². The maximum Gasteiger partial charge on any atom is 0.251 e. The van der Waals surface area contributed by atoms with Crippen molar-refractivity contribution < 1.29 is 9.21 Å². The fourth-order valence-electron chi connectivity index (χ4n) is 4.47. The lowest BCUT2D eigenvalue weighted by atomic mass is 9.89. The quantitative estimate of drug-likeness (QED) is 0.452. The van der Waals surface area contributed by atoms with Crippen LogP contribution >= 0.6 is 0 Å². The van der Waals surface area contributed by atoms with Crippen LogP contribution in [0.3, 0.4) is 0 Å². The SMILES string of the molecule is C[C@@H]1CCc2c(cc(-c3ccccc3)n2-c2ccc(C(=O)NCc3ccco3)cc2)C1. The number of carbonyl (C=O) groups excluding carboxylic acids is 1. The topological polar surface area (TPSA) is 47.2 Å². The molecule has 4 heteroatoms. The molecule has 0 bridgehead atoms. The predicted octanol–water partition coefficient (Wildman–Crippen LogP) is 5.79. The van der Waals surface area contributed by atoms with Crippen LogP contribution in [0.1, 0.15) is 40.7 Å². The van der Waals surface area contributed by atoms with Gasteiger partial charge in [-0.25, -0.2) is 0 Å². The molecule has 5 rings (SSSR count). The molecular weight excluding hydrogens is 384 g/mol. The van der Waals surface area contributed by atoms with Gasteiger partial charge in [0.05, 0.1) is 18.5 Å². The number of amides is 1. The van der Waals surface area contributed by atoms with Crippen molar-refractivity contribution in [2.24, 2.45) is 5.92 Å². The van der Waals surface area contributed by atoms with Crippen molar-refractivity contribution in [3.05, 3.63) is 102 Å². The molecule has 1 aliphatic carbocycles. The molecule has 4 nitrogen and oxygen atoms in total. The van der Waals surface area contributed by atoms with E-state index in [4.69, 9.17) is 4.42 Å². The number of nitrogens with one attached hydrogen (secondary N) is 1. The van der Waals surface area contributed by atoms with Gasteiger partial charge in [0.2, 0.25) is 0 Å². The molecule has 1 N–H and O–H groups in total. The number of nitrogens with zero attached hydrogens (tertiary/aromatic N) is 1. The Kier molecular flexibility index (Phi) is 5.21. The van der Waals surface area contributed by atoms with Crippen molar-refractivity contribution in [3.8, 4) is 16.9 Å². The lowest BCUT2D eigenvalue weighted by Crippen LogP contribution is -2.22. The van der Waals surface area contributed by atoms with Gasteiger partial charge in [0.15, 0.2) is 0 Å². The average Bonchev–Trinajstić information content (AvgIpc) is 3.46. The number of furan rings is 1. The highest BCUT2D eigenvalue weighted by Crippen LogP contribution is 2.35. The summed E-state index contributed by atoms with van der Waals surface area (Å²) in [6, 6.07) is 24.5. The third-order valence-corrected chi connectivity index (χ3v) is 6.10. The fraction of sp³-hybridized carbons (Fsp3) is 0.222. The number of hydrogen-bond acceptors (Lipinski definition) is 2. The van der Waals surface area contributed by atoms with Crippen LogP contribution in [0.25, 0.3) is 16.9 Å². The van der Waals surface area contributed by atoms with E-state index < -0.39 is 0 Å². The van der Waals surface area contributed by atoms with Crippen molar-refractivity contribution in [1.82, 2.24) is 9.88 Å². The Bertz CT molecular complexity index is 1170. The molecule has 1 amide bonds. The summed E-state index contributed by atoms with van der Waals surface area (Å²) in [6.45, 7) is 2.72. The molecule has 0 spiro atoms. The van der Waals surface area contributed by atoms with Crippen LogP contribution in [0.4, 0.5) is 0 Å². The molecule has 0 fully saturated rings. The highest BCUT2D eigenvalue weighted by atomic mass is 16.3. The van der Waals surface area contributed by atoms with Crippen LogP contribution < -0.4 is 5.32 Å². The van der Waals surface area contributed by atoms with Crippen molar-refractivity contribution >= 4 is 5.91 Å². The fourth-order valence-corrected chi connectivity index (χ4v) is 4.47. The van der Waals surface area contributed by atoms with Gasteiger partial charge in [-0.1, -0.05) is 37.3 Å². The summed E-state index contributed by atoms with van der Waals surface area (Å²) in [5, 5.41) is 2.91. The second-order valence-electron chi connectivity index (χ2n) is 8.36. The van der Waals surface area contributed by atoms with Gasteiger partial charge in [-0.3, -0.25) is 4.79 Å². The molecule has 2 heterocycles. The first-order valence-electron chi connectivity index (χ1n) is 10.9. The van der Waals surface area contributed by atoms with Crippen LogP contribution in [0.2, 0.25) is 0 Å². The lowest BCUT2D eigenvalue weighted by Gasteiger charge is -2.21. The molecule has 0 aliphatic heterocycles. The molecule has 0 unspecified atom stereocenters. The van der Waals surface area contributed by atoms with Crippen LogP contribution in [0.15, 0.2) is 83.5 Å². The summed E-state index contributed by atoms with van der Waals surface area (Å²) < 4.78 is 7.66. The molecule has 2 aromatic carbocycles. The van der Waals surface area contributed by atoms with Gasteiger partial charge in [0, 0.05) is 16.9 Å². The van der Waals surface area contributed by atoms with E-state index >= 15 is 0 Å². The van der Waals surface area contributed by atoms with Gasteiger partial charge in [0.1, 0.15) is 5.76 Å². The normalized spacial score (nSPS) is 15.5. The van der Waals surface area contributed by atoms with Gasteiger partial charge in [-0.2, -0.15) is 0 Å². The van der Waals surface area contributed by atoms with Crippen LogP contribution in [-0.4, -0.2) is 10.5 Å². The number of fused-ring (bicyclic) bond motifs is 1. The maximum absolute atomic E-state index is 12.5. The highest BCUT2D eigenvalue weighted by Gasteiger charge is 2.23. The van der Waals surface area contributed by atoms with E-state index in [1.807, 2.05) is 36.4 Å². The van der Waals surface area contributed by atoms with Gasteiger partial charge >= 0.3 is 0 Å². The summed E-state index contributed by atoms with van der Waals surface area (Å²) >= 11 is 0. The third kappa shape index (κ3) is 3.93. The lowest BCUT2D eigenvalue weighted by molar-refractivity contribution is 0.0948. The molecule has 31 heavy (non-hydrogen) atoms. The van der Waals surface area contributed by atoms with E-state index in [0.717, 1.165) is 24.3 Å². The largest absolute Gasteiger partial charge is 0.467 e. The summed E-state index contributed by atoms with van der Waals surface area (Å²) in [5.74, 6) is 1.35. The average molecular weight is 411 g/mol. The zero-order valence-electron chi connectivity index (χ0n) is 17.7. The number of rotatable bonds is 5. The molecule has 0 saturated carbocycles. The monoisotopic (exact) mass is 410 g/mol. The standard InChI is InChI=1S/C27H26N2O2/c1-19-9-14-25-22(16-19)17-26(20-6-3-2-4-7-20)29(25)23-12-10-21(11-13-23)27(30)28-18-24-8-5-15-31-24/h2-8,10-13,15,17,19H,9,14,16,18H2,1H3,(H,28,30)/t19-/m1/s1. The Labute approximate surface area is 182 Å². The first-order valence-corrected chi connectivity index (χ1v) is 10.9. The van der Waals surface area contributed by atoms with Crippen LogP contribution in [0.5, 0.6) is 0 Å². The molecule has 0 radical (unpaired) electrons. The van der Waals surface area contributed by atoms with E-state index in [1.54, 1.807) is 6.26 Å². The van der Waals surface area contributed by atoms with Gasteiger partial charge in [-0.15, -0.1) is 0 Å². The summed E-state index contributed by atoms with van der Waals surface area (Å²) in [6.07, 6.45) is 5.02. The minimum atomic E-state index is -0.102. The zero-order chi connectivity index (χ0) is 21.2. The smallest absolute Gasteiger partial charge is 0.251 e. The Balaban J connectivity index is 1.46. The van der Waals surface area contributed by atoms with Gasteiger partial charge in [0.25, 0.3) is 5.91 Å². The second kappa shape index (κ2) is 8.31. The summed E-state index contributed by atoms with van der Waals surface area (Å²) in [5.41, 5.74) is 7.01. The Morgan fingerprint density at radius 1 is 1.06 bits per heavy atom. The number of benzene rings is 2. The number of carbonyl (C=O) groups is 1. The number of hydrogen-bond donors (Lipinski definition) is 1. The summed E-state index contributed by atoms with van der Waals surface area (Å²) in [7, 11) is 0.